The minimum Gasteiger partial charge on any atom is -0.326 e. The average Bonchev–Trinajstić information content (AvgIpc) is 2.32. The van der Waals surface area contributed by atoms with E-state index < -0.39 is 15.8 Å². The summed E-state index contributed by atoms with van der Waals surface area (Å²) in [5.41, 5.74) is 5.86. The summed E-state index contributed by atoms with van der Waals surface area (Å²) in [7, 11) is -2.19. The highest BCUT2D eigenvalue weighted by atomic mass is 32.2. The molecule has 6 heteroatoms. The van der Waals surface area contributed by atoms with Crippen LogP contribution in [0.3, 0.4) is 0 Å². The summed E-state index contributed by atoms with van der Waals surface area (Å²) in [5.74, 6) is -0.456. The molecule has 0 saturated heterocycles. The van der Waals surface area contributed by atoms with Crippen molar-refractivity contribution in [2.24, 2.45) is 5.73 Å². The van der Waals surface area contributed by atoms with Gasteiger partial charge >= 0.3 is 0 Å². The van der Waals surface area contributed by atoms with Crippen molar-refractivity contribution >= 4 is 10.0 Å². The summed E-state index contributed by atoms with van der Waals surface area (Å²) in [4.78, 5) is 0.0474. The minimum atomic E-state index is -3.63. The molecule has 4 nitrogen and oxygen atoms in total. The maximum atomic E-state index is 13.6. The van der Waals surface area contributed by atoms with Crippen LogP contribution in [0.4, 0.5) is 4.39 Å². The van der Waals surface area contributed by atoms with Crippen LogP contribution in [0, 0.1) is 12.7 Å². The highest BCUT2D eigenvalue weighted by Crippen LogP contribution is 2.21. The van der Waals surface area contributed by atoms with E-state index in [1.807, 2.05) is 0 Å². The first-order valence-corrected chi connectivity index (χ1v) is 6.85. The van der Waals surface area contributed by atoms with Gasteiger partial charge in [0.15, 0.2) is 0 Å². The van der Waals surface area contributed by atoms with E-state index in [0.717, 1.165) is 4.31 Å². The molecule has 0 aromatic heterocycles. The predicted octanol–water partition coefficient (Wildman–Crippen LogP) is 1.40. The first-order chi connectivity index (χ1) is 8.34. The van der Waals surface area contributed by atoms with Gasteiger partial charge in [-0.15, -0.1) is 6.58 Å². The van der Waals surface area contributed by atoms with Gasteiger partial charge < -0.3 is 5.73 Å². The summed E-state index contributed by atoms with van der Waals surface area (Å²) in [6.07, 6.45) is 1.48. The van der Waals surface area contributed by atoms with Gasteiger partial charge in [0.25, 0.3) is 0 Å². The lowest BCUT2D eigenvalue weighted by Crippen LogP contribution is -2.27. The highest BCUT2D eigenvalue weighted by molar-refractivity contribution is 7.89. The molecule has 1 rings (SSSR count). The Morgan fingerprint density at radius 2 is 2.11 bits per heavy atom. The average molecular weight is 272 g/mol. The fourth-order valence-electron chi connectivity index (χ4n) is 1.56. The minimum absolute atomic E-state index is 0.0405. The van der Waals surface area contributed by atoms with Crippen molar-refractivity contribution in [3.8, 4) is 0 Å². The van der Waals surface area contributed by atoms with Gasteiger partial charge in [-0.05, 0) is 24.6 Å². The zero-order valence-corrected chi connectivity index (χ0v) is 11.3. The van der Waals surface area contributed by atoms with E-state index in [2.05, 4.69) is 6.58 Å². The molecular formula is C12H17FN2O2S. The Balaban J connectivity index is 3.33. The van der Waals surface area contributed by atoms with Crippen LogP contribution in [0.25, 0.3) is 0 Å². The van der Waals surface area contributed by atoms with Crippen LogP contribution < -0.4 is 5.73 Å². The molecule has 0 aliphatic carbocycles. The van der Waals surface area contributed by atoms with Crippen LogP contribution in [0.2, 0.25) is 0 Å². The van der Waals surface area contributed by atoms with Gasteiger partial charge in [0, 0.05) is 25.7 Å². The van der Waals surface area contributed by atoms with Crippen LogP contribution in [-0.2, 0) is 16.6 Å². The number of likely N-dealkylation sites (N-methyl/N-ethyl adjacent to an activating group) is 1. The van der Waals surface area contributed by atoms with Crippen molar-refractivity contribution in [2.75, 3.05) is 13.6 Å². The molecule has 2 N–H and O–H groups in total. The molecule has 0 atom stereocenters. The summed E-state index contributed by atoms with van der Waals surface area (Å²) < 4.78 is 39.1. The van der Waals surface area contributed by atoms with Gasteiger partial charge in [-0.25, -0.2) is 12.8 Å². The summed E-state index contributed by atoms with van der Waals surface area (Å²) in [6, 6.07) is 2.58. The number of sulfonamides is 1. The van der Waals surface area contributed by atoms with E-state index in [1.165, 1.54) is 32.2 Å². The lowest BCUT2D eigenvalue weighted by molar-refractivity contribution is 0.498. The SMILES string of the molecule is C=CCN(C)S(=O)(=O)c1cc(C)c(F)c(CN)c1. The number of nitrogens with zero attached hydrogens (tertiary/aromatic N) is 1. The number of aryl methyl sites for hydroxylation is 1. The van der Waals surface area contributed by atoms with E-state index in [1.54, 1.807) is 0 Å². The van der Waals surface area contributed by atoms with Gasteiger partial charge in [-0.1, -0.05) is 6.08 Å². The Labute approximate surface area is 107 Å². The van der Waals surface area contributed by atoms with E-state index in [9.17, 15) is 12.8 Å². The molecule has 1 aromatic carbocycles. The Bertz CT molecular complexity index is 555. The molecule has 0 radical (unpaired) electrons. The molecule has 0 spiro atoms. The van der Waals surface area contributed by atoms with Gasteiger partial charge in [-0.2, -0.15) is 4.31 Å². The van der Waals surface area contributed by atoms with Gasteiger partial charge in [0.2, 0.25) is 10.0 Å². The number of nitrogens with two attached hydrogens (primary N) is 1. The Morgan fingerprint density at radius 1 is 1.50 bits per heavy atom. The van der Waals surface area contributed by atoms with Gasteiger partial charge in [0.05, 0.1) is 4.90 Å². The van der Waals surface area contributed by atoms with E-state index >= 15 is 0 Å². The standard InChI is InChI=1S/C12H17FN2O2S/c1-4-5-15(3)18(16,17)11-6-9(2)12(13)10(7-11)8-14/h4,6-7H,1,5,8,14H2,2-3H3. The number of benzene rings is 1. The van der Waals surface area contributed by atoms with E-state index in [4.69, 9.17) is 5.73 Å². The zero-order chi connectivity index (χ0) is 13.9. The van der Waals surface area contributed by atoms with Crippen LogP contribution in [0.5, 0.6) is 0 Å². The second-order valence-electron chi connectivity index (χ2n) is 3.99. The zero-order valence-electron chi connectivity index (χ0n) is 10.5. The molecule has 0 bridgehead atoms. The van der Waals surface area contributed by atoms with Crippen LogP contribution in [0.1, 0.15) is 11.1 Å². The maximum Gasteiger partial charge on any atom is 0.243 e. The molecule has 0 aliphatic heterocycles. The van der Waals surface area contributed by atoms with Crippen molar-refractivity contribution in [2.45, 2.75) is 18.4 Å². The van der Waals surface area contributed by atoms with Crippen LogP contribution in [0.15, 0.2) is 29.7 Å². The molecule has 100 valence electrons. The van der Waals surface area contributed by atoms with Gasteiger partial charge in [-0.3, -0.25) is 0 Å². The van der Waals surface area contributed by atoms with Crippen molar-refractivity contribution < 1.29 is 12.8 Å². The third-order valence-electron chi connectivity index (χ3n) is 2.62. The first-order valence-electron chi connectivity index (χ1n) is 5.41. The number of hydrogen-bond acceptors (Lipinski definition) is 3. The molecule has 0 unspecified atom stereocenters. The Hall–Kier alpha value is -1.24. The van der Waals surface area contributed by atoms with Crippen molar-refractivity contribution in [1.82, 2.24) is 4.31 Å². The third-order valence-corrected chi connectivity index (χ3v) is 4.42. The van der Waals surface area contributed by atoms with Crippen molar-refractivity contribution in [3.05, 3.63) is 41.7 Å². The van der Waals surface area contributed by atoms with Crippen LogP contribution >= 0.6 is 0 Å². The maximum absolute atomic E-state index is 13.6. The normalized spacial score (nSPS) is 11.8. The predicted molar refractivity (Wildman–Crippen MR) is 69.0 cm³/mol. The quantitative estimate of drug-likeness (QED) is 0.824. The smallest absolute Gasteiger partial charge is 0.243 e. The second-order valence-corrected chi connectivity index (χ2v) is 6.04. The molecule has 0 fully saturated rings. The number of halogens is 1. The largest absolute Gasteiger partial charge is 0.326 e. The molecule has 0 aliphatic rings. The number of rotatable bonds is 5. The molecule has 18 heavy (non-hydrogen) atoms. The molecular weight excluding hydrogens is 255 g/mol. The fourth-order valence-corrected chi connectivity index (χ4v) is 2.84. The Kier molecular flexibility index (Phi) is 4.61. The highest BCUT2D eigenvalue weighted by Gasteiger charge is 2.21. The molecule has 0 amide bonds. The third kappa shape index (κ3) is 2.77. The lowest BCUT2D eigenvalue weighted by Gasteiger charge is -2.16. The summed E-state index contributed by atoms with van der Waals surface area (Å²) in [6.45, 7) is 5.15. The monoisotopic (exact) mass is 272 g/mol. The second kappa shape index (κ2) is 5.60. The lowest BCUT2D eigenvalue weighted by atomic mass is 10.1. The van der Waals surface area contributed by atoms with E-state index in [0.29, 0.717) is 0 Å². The fraction of sp³-hybridized carbons (Fsp3) is 0.333. The topological polar surface area (TPSA) is 63.4 Å². The number of hydrogen-bond donors (Lipinski definition) is 1. The Morgan fingerprint density at radius 3 is 2.61 bits per heavy atom. The summed E-state index contributed by atoms with van der Waals surface area (Å²) in [5, 5.41) is 0. The van der Waals surface area contributed by atoms with E-state index in [-0.39, 0.29) is 29.1 Å². The van der Waals surface area contributed by atoms with Crippen molar-refractivity contribution in [3.63, 3.8) is 0 Å². The molecule has 0 saturated carbocycles. The summed E-state index contributed by atoms with van der Waals surface area (Å²) >= 11 is 0. The van der Waals surface area contributed by atoms with Gasteiger partial charge in [0.1, 0.15) is 5.82 Å². The molecule has 1 aromatic rings. The molecule has 0 heterocycles. The first kappa shape index (κ1) is 14.8. The van der Waals surface area contributed by atoms with Crippen LogP contribution in [-0.4, -0.2) is 26.3 Å². The van der Waals surface area contributed by atoms with Crippen molar-refractivity contribution in [1.29, 1.82) is 0 Å².